The summed E-state index contributed by atoms with van der Waals surface area (Å²) in [4.78, 5) is 28.8. The van der Waals surface area contributed by atoms with Crippen LogP contribution in [0, 0.1) is 0 Å². The van der Waals surface area contributed by atoms with Crippen molar-refractivity contribution in [1.29, 1.82) is 0 Å². The summed E-state index contributed by atoms with van der Waals surface area (Å²) in [5.74, 6) is -0.901. The van der Waals surface area contributed by atoms with Gasteiger partial charge in [-0.3, -0.25) is 14.3 Å². The first-order chi connectivity index (χ1) is 13.6. The maximum Gasteiger partial charge on any atom is 0.419 e. The number of hydrogen-bond acceptors (Lipinski definition) is 4. The van der Waals surface area contributed by atoms with Gasteiger partial charge in [0.05, 0.1) is 11.4 Å². The Bertz CT molecular complexity index is 1160. The highest BCUT2D eigenvalue weighted by Crippen LogP contribution is 2.24. The topological polar surface area (TPSA) is 77.1 Å². The normalized spacial score (nSPS) is 12.0. The highest BCUT2D eigenvalue weighted by molar-refractivity contribution is 5.97. The minimum atomic E-state index is -0.432. The van der Waals surface area contributed by atoms with Crippen LogP contribution < -0.4 is 11.1 Å². The predicted octanol–water partition coefficient (Wildman–Crippen LogP) is 3.49. The largest absolute Gasteiger partial charge is 0.419 e. The second-order valence-electron chi connectivity index (χ2n) is 6.62. The molecule has 0 fully saturated rings. The zero-order valence-corrected chi connectivity index (χ0v) is 15.3. The summed E-state index contributed by atoms with van der Waals surface area (Å²) in [5, 5.41) is 2.98. The Morgan fingerprint density at radius 3 is 2.61 bits per heavy atom. The zero-order valence-electron chi connectivity index (χ0n) is 15.3. The number of pyridine rings is 1. The Hall–Kier alpha value is -3.67. The molecule has 2 heterocycles. The number of nitrogens with one attached hydrogen (secondary N) is 1. The molecule has 4 rings (SSSR count). The van der Waals surface area contributed by atoms with Gasteiger partial charge >= 0.3 is 5.76 Å². The Balaban J connectivity index is 1.63. The van der Waals surface area contributed by atoms with E-state index in [-0.39, 0.29) is 11.8 Å². The summed E-state index contributed by atoms with van der Waals surface area (Å²) in [7, 11) is 1.63. The van der Waals surface area contributed by atoms with E-state index in [2.05, 4.69) is 10.3 Å². The number of fused-ring (bicyclic) bond motifs is 1. The molecule has 1 N–H and O–H groups in total. The molecule has 6 heteroatoms. The average molecular weight is 373 g/mol. The van der Waals surface area contributed by atoms with Gasteiger partial charge in [-0.05, 0) is 47.9 Å². The molecule has 0 aliphatic rings. The summed E-state index contributed by atoms with van der Waals surface area (Å²) in [6.45, 7) is 0. The number of aromatic nitrogens is 2. The summed E-state index contributed by atoms with van der Waals surface area (Å²) in [5.41, 5.74) is 3.71. The van der Waals surface area contributed by atoms with E-state index in [9.17, 15) is 9.59 Å². The van der Waals surface area contributed by atoms with E-state index < -0.39 is 5.76 Å². The van der Waals surface area contributed by atoms with Crippen LogP contribution in [0.2, 0.25) is 0 Å². The fourth-order valence-electron chi connectivity index (χ4n) is 3.24. The zero-order chi connectivity index (χ0) is 19.5. The lowest BCUT2D eigenvalue weighted by Gasteiger charge is -2.17. The lowest BCUT2D eigenvalue weighted by molar-refractivity contribution is -0.117. The van der Waals surface area contributed by atoms with Crippen LogP contribution in [0.15, 0.2) is 82.3 Å². The van der Waals surface area contributed by atoms with Gasteiger partial charge in [-0.25, -0.2) is 4.79 Å². The third-order valence-electron chi connectivity index (χ3n) is 4.77. The number of carbonyl (C=O) groups excluding carboxylic acids is 1. The van der Waals surface area contributed by atoms with E-state index in [4.69, 9.17) is 4.42 Å². The van der Waals surface area contributed by atoms with Crippen molar-refractivity contribution in [3.05, 3.63) is 94.7 Å². The van der Waals surface area contributed by atoms with Crippen LogP contribution in [0.1, 0.15) is 17.0 Å². The molecule has 4 aromatic rings. The van der Waals surface area contributed by atoms with Crippen molar-refractivity contribution < 1.29 is 9.21 Å². The molecule has 0 saturated carbocycles. The van der Waals surface area contributed by atoms with E-state index in [1.165, 1.54) is 4.57 Å². The molecule has 28 heavy (non-hydrogen) atoms. The molecule has 6 nitrogen and oxygen atoms in total. The van der Waals surface area contributed by atoms with Crippen LogP contribution in [-0.2, 0) is 18.3 Å². The van der Waals surface area contributed by atoms with Crippen LogP contribution >= 0.6 is 0 Å². The Labute approximate surface area is 161 Å². The van der Waals surface area contributed by atoms with Crippen molar-refractivity contribution in [2.45, 2.75) is 12.3 Å². The minimum absolute atomic E-state index is 0.115. The predicted molar refractivity (Wildman–Crippen MR) is 107 cm³/mol. The van der Waals surface area contributed by atoms with Gasteiger partial charge in [-0.1, -0.05) is 30.3 Å². The van der Waals surface area contributed by atoms with Gasteiger partial charge in [-0.2, -0.15) is 0 Å². The summed E-state index contributed by atoms with van der Waals surface area (Å²) >= 11 is 0. The van der Waals surface area contributed by atoms with Crippen molar-refractivity contribution in [3.63, 3.8) is 0 Å². The first-order valence-corrected chi connectivity index (χ1v) is 8.96. The van der Waals surface area contributed by atoms with Gasteiger partial charge in [0.25, 0.3) is 0 Å². The fourth-order valence-corrected chi connectivity index (χ4v) is 3.24. The molecule has 0 aliphatic heterocycles. The standard InChI is InChI=1S/C22H19N3O3/c1-25-19-14-17(7-8-20(19)28-22(25)27)24-21(26)18(16-5-3-2-4-6-16)13-15-9-11-23-12-10-15/h2-12,14,18H,13H2,1H3,(H,24,26). The summed E-state index contributed by atoms with van der Waals surface area (Å²) in [6, 6.07) is 18.7. The molecule has 0 radical (unpaired) electrons. The summed E-state index contributed by atoms with van der Waals surface area (Å²) < 4.78 is 6.56. The number of aryl methyl sites for hydroxylation is 1. The van der Waals surface area contributed by atoms with E-state index >= 15 is 0 Å². The van der Waals surface area contributed by atoms with Gasteiger partial charge in [0.15, 0.2) is 5.58 Å². The van der Waals surface area contributed by atoms with Gasteiger partial charge < -0.3 is 9.73 Å². The molecule has 0 aliphatic carbocycles. The van der Waals surface area contributed by atoms with Crippen LogP contribution in [0.25, 0.3) is 11.1 Å². The van der Waals surface area contributed by atoms with Crippen LogP contribution in [-0.4, -0.2) is 15.5 Å². The number of rotatable bonds is 5. The molecule has 0 bridgehead atoms. The Morgan fingerprint density at radius 2 is 1.86 bits per heavy atom. The first-order valence-electron chi connectivity index (χ1n) is 8.96. The fraction of sp³-hybridized carbons (Fsp3) is 0.136. The second-order valence-corrected chi connectivity index (χ2v) is 6.62. The van der Waals surface area contributed by atoms with Crippen LogP contribution in [0.5, 0.6) is 0 Å². The van der Waals surface area contributed by atoms with Crippen molar-refractivity contribution in [2.75, 3.05) is 5.32 Å². The molecular formula is C22H19N3O3. The van der Waals surface area contributed by atoms with Crippen molar-refractivity contribution in [1.82, 2.24) is 9.55 Å². The molecule has 2 aromatic carbocycles. The lowest BCUT2D eigenvalue weighted by atomic mass is 9.91. The molecule has 2 aromatic heterocycles. The van der Waals surface area contributed by atoms with Crippen molar-refractivity contribution in [3.8, 4) is 0 Å². The van der Waals surface area contributed by atoms with Crippen molar-refractivity contribution >= 4 is 22.7 Å². The monoisotopic (exact) mass is 373 g/mol. The number of hydrogen-bond donors (Lipinski definition) is 1. The van der Waals surface area contributed by atoms with Crippen molar-refractivity contribution in [2.24, 2.45) is 7.05 Å². The van der Waals surface area contributed by atoms with Gasteiger partial charge in [0.2, 0.25) is 5.91 Å². The number of anilines is 1. The SMILES string of the molecule is Cn1c(=O)oc2ccc(NC(=O)C(Cc3ccncc3)c3ccccc3)cc21. The highest BCUT2D eigenvalue weighted by atomic mass is 16.4. The van der Waals surface area contributed by atoms with E-state index in [1.807, 2.05) is 42.5 Å². The summed E-state index contributed by atoms with van der Waals surface area (Å²) in [6.07, 6.45) is 4.01. The maximum absolute atomic E-state index is 13.1. The third kappa shape index (κ3) is 3.57. The molecular weight excluding hydrogens is 354 g/mol. The first kappa shape index (κ1) is 17.7. The van der Waals surface area contributed by atoms with Crippen LogP contribution in [0.4, 0.5) is 5.69 Å². The molecule has 1 atom stereocenters. The van der Waals surface area contributed by atoms with E-state index in [0.717, 1.165) is 11.1 Å². The molecule has 140 valence electrons. The smallest absolute Gasteiger partial charge is 0.408 e. The quantitative estimate of drug-likeness (QED) is 0.581. The number of nitrogens with zero attached hydrogens (tertiary/aromatic N) is 2. The maximum atomic E-state index is 13.1. The molecule has 0 saturated heterocycles. The molecule has 1 unspecified atom stereocenters. The number of amides is 1. The average Bonchev–Trinajstić information content (AvgIpc) is 3.01. The van der Waals surface area contributed by atoms with Crippen LogP contribution in [0.3, 0.4) is 0 Å². The molecule has 0 spiro atoms. The lowest BCUT2D eigenvalue weighted by Crippen LogP contribution is -2.23. The van der Waals surface area contributed by atoms with Gasteiger partial charge in [0.1, 0.15) is 0 Å². The third-order valence-corrected chi connectivity index (χ3v) is 4.77. The number of oxazole rings is 1. The highest BCUT2D eigenvalue weighted by Gasteiger charge is 2.21. The van der Waals surface area contributed by atoms with E-state index in [0.29, 0.717) is 23.2 Å². The Kier molecular flexibility index (Phi) is 4.76. The number of carbonyl (C=O) groups is 1. The van der Waals surface area contributed by atoms with Gasteiger partial charge in [-0.15, -0.1) is 0 Å². The second kappa shape index (κ2) is 7.52. The van der Waals surface area contributed by atoms with Gasteiger partial charge in [0, 0.05) is 25.1 Å². The number of benzene rings is 2. The molecule has 1 amide bonds. The Morgan fingerprint density at radius 1 is 1.11 bits per heavy atom. The minimum Gasteiger partial charge on any atom is -0.408 e. The van der Waals surface area contributed by atoms with E-state index in [1.54, 1.807) is 37.6 Å².